The number of aromatic nitrogens is 2. The fourth-order valence-electron chi connectivity index (χ4n) is 2.42. The summed E-state index contributed by atoms with van der Waals surface area (Å²) >= 11 is 0. The number of aryl methyl sites for hydroxylation is 2. The smallest absolute Gasteiger partial charge is 0.191 e. The number of methoxy groups -OCH3 is 1. The molecule has 1 aromatic rings. The van der Waals surface area contributed by atoms with Crippen LogP contribution in [0.3, 0.4) is 0 Å². The molecule has 0 unspecified atom stereocenters. The SMILES string of the molecule is CN=C(NCCN(C)CCCOC)NCc1c(C)nn(C)c1C. The molecular formula is C16H32N6O. The van der Waals surface area contributed by atoms with Crippen LogP contribution in [0.25, 0.3) is 0 Å². The van der Waals surface area contributed by atoms with Gasteiger partial charge in [-0.3, -0.25) is 9.67 Å². The first-order chi connectivity index (χ1) is 11.0. The summed E-state index contributed by atoms with van der Waals surface area (Å²) in [4.78, 5) is 6.56. The molecule has 0 amide bonds. The lowest BCUT2D eigenvalue weighted by atomic mass is 10.2. The number of rotatable bonds is 9. The van der Waals surface area contributed by atoms with E-state index in [2.05, 4.69) is 39.6 Å². The van der Waals surface area contributed by atoms with Gasteiger partial charge in [0.25, 0.3) is 0 Å². The van der Waals surface area contributed by atoms with Crippen LogP contribution in [0, 0.1) is 13.8 Å². The fourth-order valence-corrected chi connectivity index (χ4v) is 2.42. The zero-order valence-electron chi connectivity index (χ0n) is 15.4. The van der Waals surface area contributed by atoms with Gasteiger partial charge in [0, 0.05) is 65.2 Å². The third kappa shape index (κ3) is 6.58. The van der Waals surface area contributed by atoms with E-state index in [1.54, 1.807) is 14.2 Å². The highest BCUT2D eigenvalue weighted by Gasteiger charge is 2.09. The minimum absolute atomic E-state index is 0.731. The van der Waals surface area contributed by atoms with Crippen molar-refractivity contribution in [2.24, 2.45) is 12.0 Å². The summed E-state index contributed by atoms with van der Waals surface area (Å²) in [6.45, 7) is 8.52. The van der Waals surface area contributed by atoms with Crippen molar-refractivity contribution < 1.29 is 4.74 Å². The van der Waals surface area contributed by atoms with E-state index in [-0.39, 0.29) is 0 Å². The van der Waals surface area contributed by atoms with E-state index in [0.29, 0.717) is 0 Å². The van der Waals surface area contributed by atoms with E-state index in [1.807, 2.05) is 18.7 Å². The van der Waals surface area contributed by atoms with Crippen molar-refractivity contribution in [3.8, 4) is 0 Å². The highest BCUT2D eigenvalue weighted by atomic mass is 16.5. The molecule has 0 saturated heterocycles. The zero-order valence-corrected chi connectivity index (χ0v) is 15.4. The molecular weight excluding hydrogens is 292 g/mol. The van der Waals surface area contributed by atoms with E-state index in [9.17, 15) is 0 Å². The molecule has 0 aliphatic carbocycles. The Morgan fingerprint density at radius 3 is 2.61 bits per heavy atom. The van der Waals surface area contributed by atoms with Crippen molar-refractivity contribution in [2.45, 2.75) is 26.8 Å². The van der Waals surface area contributed by atoms with Crippen molar-refractivity contribution >= 4 is 5.96 Å². The number of guanidine groups is 1. The monoisotopic (exact) mass is 324 g/mol. The molecule has 1 aromatic heterocycles. The normalized spacial score (nSPS) is 12.0. The van der Waals surface area contributed by atoms with Gasteiger partial charge in [0.2, 0.25) is 0 Å². The summed E-state index contributed by atoms with van der Waals surface area (Å²) in [7, 11) is 7.62. The molecule has 0 aliphatic heterocycles. The maximum Gasteiger partial charge on any atom is 0.191 e. The Hall–Kier alpha value is -1.60. The second-order valence-electron chi connectivity index (χ2n) is 5.78. The largest absolute Gasteiger partial charge is 0.385 e. The first-order valence-corrected chi connectivity index (χ1v) is 8.10. The number of hydrogen-bond acceptors (Lipinski definition) is 4. The lowest BCUT2D eigenvalue weighted by molar-refractivity contribution is 0.180. The molecule has 0 aliphatic rings. The van der Waals surface area contributed by atoms with Crippen molar-refractivity contribution in [1.82, 2.24) is 25.3 Å². The highest BCUT2D eigenvalue weighted by molar-refractivity contribution is 5.79. The summed E-state index contributed by atoms with van der Waals surface area (Å²) in [5, 5.41) is 11.1. The Kier molecular flexibility index (Phi) is 8.65. The number of likely N-dealkylation sites (N-methyl/N-ethyl adjacent to an activating group) is 1. The Bertz CT molecular complexity index is 497. The topological polar surface area (TPSA) is 66.7 Å². The third-order valence-corrected chi connectivity index (χ3v) is 3.99. The average molecular weight is 324 g/mol. The highest BCUT2D eigenvalue weighted by Crippen LogP contribution is 2.10. The summed E-state index contributed by atoms with van der Waals surface area (Å²) in [5.74, 6) is 0.818. The number of hydrogen-bond donors (Lipinski definition) is 2. The lowest BCUT2D eigenvalue weighted by Crippen LogP contribution is -2.40. The Morgan fingerprint density at radius 2 is 2.04 bits per heavy atom. The second-order valence-corrected chi connectivity index (χ2v) is 5.78. The maximum absolute atomic E-state index is 5.07. The van der Waals surface area contributed by atoms with Gasteiger partial charge in [-0.1, -0.05) is 0 Å². The molecule has 0 spiro atoms. The molecule has 0 bridgehead atoms. The van der Waals surface area contributed by atoms with Crippen LogP contribution >= 0.6 is 0 Å². The first-order valence-electron chi connectivity index (χ1n) is 8.10. The molecule has 1 heterocycles. The maximum atomic E-state index is 5.07. The quantitative estimate of drug-likeness (QED) is 0.397. The van der Waals surface area contributed by atoms with Crippen molar-refractivity contribution in [2.75, 3.05) is 47.4 Å². The second kappa shape index (κ2) is 10.2. The fraction of sp³-hybridized carbons (Fsp3) is 0.750. The number of ether oxygens (including phenoxy) is 1. The van der Waals surface area contributed by atoms with Crippen LogP contribution in [0.4, 0.5) is 0 Å². The molecule has 0 fully saturated rings. The van der Waals surface area contributed by atoms with Crippen LogP contribution in [0.15, 0.2) is 4.99 Å². The van der Waals surface area contributed by atoms with Gasteiger partial charge in [-0.15, -0.1) is 0 Å². The predicted molar refractivity (Wildman–Crippen MR) is 94.9 cm³/mol. The van der Waals surface area contributed by atoms with E-state index >= 15 is 0 Å². The summed E-state index contributed by atoms with van der Waals surface area (Å²) in [5.41, 5.74) is 3.47. The molecule has 2 N–H and O–H groups in total. The lowest BCUT2D eigenvalue weighted by Gasteiger charge is -2.18. The van der Waals surface area contributed by atoms with Gasteiger partial charge in [-0.05, 0) is 27.3 Å². The summed E-state index contributed by atoms with van der Waals surface area (Å²) < 4.78 is 6.98. The van der Waals surface area contributed by atoms with Gasteiger partial charge >= 0.3 is 0 Å². The van der Waals surface area contributed by atoms with Crippen molar-refractivity contribution in [3.05, 3.63) is 17.0 Å². The van der Waals surface area contributed by atoms with Crippen LogP contribution in [-0.2, 0) is 18.3 Å². The van der Waals surface area contributed by atoms with Crippen LogP contribution in [0.5, 0.6) is 0 Å². The van der Waals surface area contributed by atoms with Gasteiger partial charge < -0.3 is 20.3 Å². The number of nitrogens with zero attached hydrogens (tertiary/aromatic N) is 4. The van der Waals surface area contributed by atoms with E-state index in [4.69, 9.17) is 4.74 Å². The van der Waals surface area contributed by atoms with E-state index in [0.717, 1.165) is 50.9 Å². The van der Waals surface area contributed by atoms with Crippen LogP contribution in [0.2, 0.25) is 0 Å². The van der Waals surface area contributed by atoms with Gasteiger partial charge in [0.1, 0.15) is 0 Å². The molecule has 1 rings (SSSR count). The molecule has 7 heteroatoms. The molecule has 0 atom stereocenters. The average Bonchev–Trinajstić information content (AvgIpc) is 2.76. The first kappa shape index (κ1) is 19.4. The van der Waals surface area contributed by atoms with Crippen LogP contribution in [0.1, 0.15) is 23.4 Å². The van der Waals surface area contributed by atoms with Crippen molar-refractivity contribution in [3.63, 3.8) is 0 Å². The Labute approximate surface area is 140 Å². The minimum Gasteiger partial charge on any atom is -0.385 e. The molecule has 0 radical (unpaired) electrons. The summed E-state index contributed by atoms with van der Waals surface area (Å²) in [6.07, 6.45) is 1.06. The number of aliphatic imine (C=N–C) groups is 1. The van der Waals surface area contributed by atoms with Crippen molar-refractivity contribution in [1.29, 1.82) is 0 Å². The van der Waals surface area contributed by atoms with Crippen LogP contribution in [-0.4, -0.2) is 68.1 Å². The Balaban J connectivity index is 2.32. The van der Waals surface area contributed by atoms with Gasteiger partial charge in [0.05, 0.1) is 5.69 Å². The molecule has 23 heavy (non-hydrogen) atoms. The van der Waals surface area contributed by atoms with Gasteiger partial charge in [-0.25, -0.2) is 0 Å². The zero-order chi connectivity index (χ0) is 17.2. The van der Waals surface area contributed by atoms with Gasteiger partial charge in [0.15, 0.2) is 5.96 Å². The molecule has 7 nitrogen and oxygen atoms in total. The molecule has 0 saturated carbocycles. The molecule has 132 valence electrons. The Morgan fingerprint density at radius 1 is 1.30 bits per heavy atom. The number of nitrogens with one attached hydrogen (secondary N) is 2. The van der Waals surface area contributed by atoms with Gasteiger partial charge in [-0.2, -0.15) is 5.10 Å². The molecule has 0 aromatic carbocycles. The van der Waals surface area contributed by atoms with E-state index in [1.165, 1.54) is 11.3 Å². The third-order valence-electron chi connectivity index (χ3n) is 3.99. The minimum atomic E-state index is 0.731. The standard InChI is InChI=1S/C16H32N6O/c1-13-15(14(2)22(5)20-13)12-19-16(17-3)18-8-10-21(4)9-7-11-23-6/h7-12H2,1-6H3,(H2,17,18,19). The van der Waals surface area contributed by atoms with E-state index < -0.39 is 0 Å². The summed E-state index contributed by atoms with van der Waals surface area (Å²) in [6, 6.07) is 0. The predicted octanol–water partition coefficient (Wildman–Crippen LogP) is 0.670. The van der Waals surface area contributed by atoms with Crippen LogP contribution < -0.4 is 10.6 Å².